The second-order valence-corrected chi connectivity index (χ2v) is 3.04. The summed E-state index contributed by atoms with van der Waals surface area (Å²) in [6.45, 7) is 11.9. The van der Waals surface area contributed by atoms with E-state index in [0.29, 0.717) is 6.42 Å². The van der Waals surface area contributed by atoms with Crippen LogP contribution >= 0.6 is 0 Å². The van der Waals surface area contributed by atoms with Crippen molar-refractivity contribution >= 4 is 0 Å². The smallest absolute Gasteiger partial charge is 0.205 e. The van der Waals surface area contributed by atoms with Crippen LogP contribution in [0.2, 0.25) is 0 Å². The van der Waals surface area contributed by atoms with Crippen molar-refractivity contribution in [3.63, 3.8) is 0 Å². The van der Waals surface area contributed by atoms with Crippen molar-refractivity contribution < 1.29 is 8.78 Å². The van der Waals surface area contributed by atoms with Gasteiger partial charge in [-0.05, 0) is 30.0 Å². The molecule has 0 nitrogen and oxygen atoms in total. The summed E-state index contributed by atoms with van der Waals surface area (Å²) < 4.78 is 25.1. The van der Waals surface area contributed by atoms with E-state index in [-0.39, 0.29) is 5.56 Å². The summed E-state index contributed by atoms with van der Waals surface area (Å²) in [5.74, 6) is 0. The van der Waals surface area contributed by atoms with Gasteiger partial charge < -0.3 is 0 Å². The van der Waals surface area contributed by atoms with Gasteiger partial charge in [-0.3, -0.25) is 0 Å². The Balaban J connectivity index is 0. The molecule has 0 bridgehead atoms. The molecule has 0 atom stereocenters. The van der Waals surface area contributed by atoms with Crippen LogP contribution in [0, 0.1) is 0 Å². The summed E-state index contributed by atoms with van der Waals surface area (Å²) >= 11 is 0. The molecule has 0 heterocycles. The standard InChI is InChI=1S/C11H14F2.2C2H6/c1-3-8-5-6-9(4-2)10(7-8)11(12)13;2*1-2/h5-7,11H,3-4H2,1-2H3;2*1-2H3. The van der Waals surface area contributed by atoms with Crippen molar-refractivity contribution in [1.82, 2.24) is 0 Å². The van der Waals surface area contributed by atoms with Gasteiger partial charge in [0.1, 0.15) is 0 Å². The first-order chi connectivity index (χ1) is 8.19. The van der Waals surface area contributed by atoms with Gasteiger partial charge in [0, 0.05) is 5.56 Å². The van der Waals surface area contributed by atoms with Crippen LogP contribution in [-0.2, 0) is 12.8 Å². The lowest BCUT2D eigenvalue weighted by molar-refractivity contribution is 0.150. The zero-order chi connectivity index (χ0) is 13.8. The number of hydrogen-bond acceptors (Lipinski definition) is 0. The predicted molar refractivity (Wildman–Crippen MR) is 72.9 cm³/mol. The third-order valence-electron chi connectivity index (χ3n) is 2.23. The highest BCUT2D eigenvalue weighted by Crippen LogP contribution is 2.24. The van der Waals surface area contributed by atoms with Gasteiger partial charge >= 0.3 is 0 Å². The van der Waals surface area contributed by atoms with E-state index in [1.54, 1.807) is 12.1 Å². The highest BCUT2D eigenvalue weighted by molar-refractivity contribution is 5.33. The van der Waals surface area contributed by atoms with Crippen LogP contribution in [0.5, 0.6) is 0 Å². The summed E-state index contributed by atoms with van der Waals surface area (Å²) in [4.78, 5) is 0. The molecule has 0 saturated carbocycles. The molecule has 0 spiro atoms. The molecule has 1 aromatic carbocycles. The monoisotopic (exact) mass is 244 g/mol. The molecule has 1 aromatic rings. The third kappa shape index (κ3) is 6.40. The molecule has 0 unspecified atom stereocenters. The van der Waals surface area contributed by atoms with Gasteiger partial charge in [0.05, 0.1) is 0 Å². The van der Waals surface area contributed by atoms with Crippen molar-refractivity contribution in [2.24, 2.45) is 0 Å². The van der Waals surface area contributed by atoms with E-state index in [1.165, 1.54) is 0 Å². The number of alkyl halides is 2. The lowest BCUT2D eigenvalue weighted by Gasteiger charge is -2.08. The molecule has 0 fully saturated rings. The minimum Gasteiger partial charge on any atom is -0.205 e. The van der Waals surface area contributed by atoms with Gasteiger partial charge in [0.25, 0.3) is 6.43 Å². The lowest BCUT2D eigenvalue weighted by Crippen LogP contribution is -1.95. The summed E-state index contributed by atoms with van der Waals surface area (Å²) in [7, 11) is 0. The first-order valence-corrected chi connectivity index (χ1v) is 6.58. The highest BCUT2D eigenvalue weighted by atomic mass is 19.3. The van der Waals surface area contributed by atoms with E-state index >= 15 is 0 Å². The maximum absolute atomic E-state index is 12.5. The molecular formula is C15H26F2. The van der Waals surface area contributed by atoms with E-state index < -0.39 is 6.43 Å². The fourth-order valence-electron chi connectivity index (χ4n) is 1.39. The van der Waals surface area contributed by atoms with Crippen LogP contribution in [-0.4, -0.2) is 0 Å². The molecule has 2 heteroatoms. The van der Waals surface area contributed by atoms with Crippen LogP contribution in [0.25, 0.3) is 0 Å². The maximum Gasteiger partial charge on any atom is 0.264 e. The first kappa shape index (κ1) is 18.4. The Morgan fingerprint density at radius 1 is 0.941 bits per heavy atom. The fraction of sp³-hybridized carbons (Fsp3) is 0.600. The quantitative estimate of drug-likeness (QED) is 0.630. The second-order valence-electron chi connectivity index (χ2n) is 3.04. The lowest BCUT2D eigenvalue weighted by atomic mass is 10.0. The minimum absolute atomic E-state index is 0.196. The Kier molecular flexibility index (Phi) is 12.5. The van der Waals surface area contributed by atoms with Gasteiger partial charge in [0.15, 0.2) is 0 Å². The van der Waals surface area contributed by atoms with Crippen molar-refractivity contribution in [2.45, 2.75) is 60.8 Å². The average Bonchev–Trinajstić information content (AvgIpc) is 2.42. The number of rotatable bonds is 3. The third-order valence-corrected chi connectivity index (χ3v) is 2.23. The van der Waals surface area contributed by atoms with Crippen molar-refractivity contribution in [1.29, 1.82) is 0 Å². The largest absolute Gasteiger partial charge is 0.264 e. The van der Waals surface area contributed by atoms with Crippen molar-refractivity contribution in [3.8, 4) is 0 Å². The van der Waals surface area contributed by atoms with E-state index in [2.05, 4.69) is 0 Å². The van der Waals surface area contributed by atoms with Gasteiger partial charge in [-0.25, -0.2) is 8.78 Å². The summed E-state index contributed by atoms with van der Waals surface area (Å²) in [5, 5.41) is 0. The summed E-state index contributed by atoms with van der Waals surface area (Å²) in [6.07, 6.45) is -0.866. The fourth-order valence-corrected chi connectivity index (χ4v) is 1.39. The second kappa shape index (κ2) is 11.6. The van der Waals surface area contributed by atoms with E-state index in [1.807, 2.05) is 47.6 Å². The molecule has 1 rings (SSSR count). The molecule has 0 amide bonds. The topological polar surface area (TPSA) is 0 Å². The normalized spacial score (nSPS) is 9.00. The Morgan fingerprint density at radius 2 is 1.47 bits per heavy atom. The van der Waals surface area contributed by atoms with Crippen molar-refractivity contribution in [3.05, 3.63) is 34.9 Å². The average molecular weight is 244 g/mol. The molecule has 0 aromatic heterocycles. The molecular weight excluding hydrogens is 218 g/mol. The van der Waals surface area contributed by atoms with Crippen LogP contribution in [0.1, 0.15) is 64.7 Å². The zero-order valence-electron chi connectivity index (χ0n) is 12.0. The molecule has 100 valence electrons. The van der Waals surface area contributed by atoms with Gasteiger partial charge in [-0.15, -0.1) is 0 Å². The minimum atomic E-state index is -2.35. The van der Waals surface area contributed by atoms with Crippen LogP contribution in [0.15, 0.2) is 18.2 Å². The first-order valence-electron chi connectivity index (χ1n) is 6.58. The Hall–Kier alpha value is -0.920. The van der Waals surface area contributed by atoms with E-state index in [4.69, 9.17) is 0 Å². The van der Waals surface area contributed by atoms with Crippen LogP contribution < -0.4 is 0 Å². The summed E-state index contributed by atoms with van der Waals surface area (Å²) in [6, 6.07) is 5.34. The van der Waals surface area contributed by atoms with E-state index in [0.717, 1.165) is 17.5 Å². The SMILES string of the molecule is CC.CC.CCc1ccc(CC)c(C(F)F)c1. The molecule has 0 N–H and O–H groups in total. The van der Waals surface area contributed by atoms with E-state index in [9.17, 15) is 8.78 Å². The predicted octanol–water partition coefficient (Wildman–Crippen LogP) is 5.80. The maximum atomic E-state index is 12.5. The molecule has 0 aliphatic heterocycles. The van der Waals surface area contributed by atoms with Crippen molar-refractivity contribution in [2.75, 3.05) is 0 Å². The molecule has 17 heavy (non-hydrogen) atoms. The molecule has 0 aliphatic rings. The molecule has 0 saturated heterocycles. The number of halogens is 2. The zero-order valence-corrected chi connectivity index (χ0v) is 12.0. The Bertz CT molecular complexity index is 280. The Labute approximate surface area is 105 Å². The van der Waals surface area contributed by atoms with Gasteiger partial charge in [-0.2, -0.15) is 0 Å². The molecule has 0 radical (unpaired) electrons. The highest BCUT2D eigenvalue weighted by Gasteiger charge is 2.11. The molecule has 0 aliphatic carbocycles. The van der Waals surface area contributed by atoms with Gasteiger partial charge in [0.2, 0.25) is 0 Å². The number of aryl methyl sites for hydroxylation is 2. The number of hydrogen-bond donors (Lipinski definition) is 0. The van der Waals surface area contributed by atoms with Gasteiger partial charge in [-0.1, -0.05) is 53.7 Å². The number of benzene rings is 1. The summed E-state index contributed by atoms with van der Waals surface area (Å²) in [5.41, 5.74) is 1.93. The van der Waals surface area contributed by atoms with Crippen LogP contribution in [0.4, 0.5) is 8.78 Å². The van der Waals surface area contributed by atoms with Crippen LogP contribution in [0.3, 0.4) is 0 Å². The Morgan fingerprint density at radius 3 is 1.82 bits per heavy atom.